The smallest absolute Gasteiger partial charge is 0.0303 e. The van der Waals surface area contributed by atoms with Crippen molar-refractivity contribution in [3.8, 4) is 0 Å². The highest BCUT2D eigenvalue weighted by atomic mass is 31.0. The zero-order valence-corrected chi connectivity index (χ0v) is 19.9. The molecule has 0 saturated heterocycles. The first-order valence-electron chi connectivity index (χ1n) is 11.3. The molecule has 152 valence electrons. The van der Waals surface area contributed by atoms with Crippen LogP contribution >= 0.6 is 18.5 Å². The van der Waals surface area contributed by atoms with Crippen LogP contribution in [0.1, 0.15) is 110 Å². The Kier molecular flexibility index (Phi) is 23.2. The second-order valence-electron chi connectivity index (χ2n) is 7.50. The van der Waals surface area contributed by atoms with Gasteiger partial charge in [0.25, 0.3) is 0 Å². The van der Waals surface area contributed by atoms with Crippen LogP contribution in [0, 0.1) is 0 Å². The highest BCUT2D eigenvalue weighted by Gasteiger charge is 1.94. The Hall–Kier alpha value is 0.0800. The van der Waals surface area contributed by atoms with Crippen molar-refractivity contribution < 1.29 is 0 Å². The van der Waals surface area contributed by atoms with E-state index >= 15 is 0 Å². The topological polar surface area (TPSA) is 0 Å². The number of rotatable bonds is 16. The molecule has 0 aliphatic rings. The molecule has 0 aliphatic heterocycles. The first-order valence-corrected chi connectivity index (χ1v) is 12.7. The summed E-state index contributed by atoms with van der Waals surface area (Å²) >= 11 is 0. The molecular formula is C24H46P2. The lowest BCUT2D eigenvalue weighted by Crippen LogP contribution is -1.83. The molecule has 0 aliphatic carbocycles. The molecule has 26 heavy (non-hydrogen) atoms. The van der Waals surface area contributed by atoms with Gasteiger partial charge in [0.2, 0.25) is 0 Å². The molecular weight excluding hydrogens is 350 g/mol. The second kappa shape index (κ2) is 23.1. The van der Waals surface area contributed by atoms with Crippen molar-refractivity contribution >= 4 is 23.8 Å². The molecule has 0 spiro atoms. The van der Waals surface area contributed by atoms with Crippen LogP contribution in [0.15, 0.2) is 30.3 Å². The maximum atomic E-state index is 2.83. The zero-order valence-electron chi connectivity index (χ0n) is 17.6. The Morgan fingerprint density at radius 2 is 0.885 bits per heavy atom. The van der Waals surface area contributed by atoms with E-state index in [-0.39, 0.29) is 0 Å². The molecule has 2 unspecified atom stereocenters. The first-order chi connectivity index (χ1) is 12.8. The van der Waals surface area contributed by atoms with Gasteiger partial charge in [-0.1, -0.05) is 134 Å². The summed E-state index contributed by atoms with van der Waals surface area (Å²) in [4.78, 5) is 0. The van der Waals surface area contributed by atoms with Crippen LogP contribution in [0.5, 0.6) is 0 Å². The van der Waals surface area contributed by atoms with Gasteiger partial charge in [-0.25, -0.2) is 0 Å². The third-order valence-corrected chi connectivity index (χ3v) is 5.65. The fourth-order valence-corrected chi connectivity index (χ4v) is 3.66. The molecule has 1 aromatic rings. The molecule has 0 saturated carbocycles. The van der Waals surface area contributed by atoms with E-state index < -0.39 is 0 Å². The van der Waals surface area contributed by atoms with Gasteiger partial charge in [0.05, 0.1) is 0 Å². The van der Waals surface area contributed by atoms with Crippen molar-refractivity contribution in [1.29, 1.82) is 0 Å². The lowest BCUT2D eigenvalue weighted by molar-refractivity contribution is 0.531. The second-order valence-corrected chi connectivity index (χ2v) is 8.75. The average molecular weight is 397 g/mol. The summed E-state index contributed by atoms with van der Waals surface area (Å²) in [5.74, 6) is 0. The Bertz CT molecular complexity index is 334. The molecule has 2 atom stereocenters. The lowest BCUT2D eigenvalue weighted by atomic mass is 10.0. The van der Waals surface area contributed by atoms with E-state index in [0.717, 1.165) is 0 Å². The Morgan fingerprint density at radius 3 is 1.15 bits per heavy atom. The van der Waals surface area contributed by atoms with E-state index in [4.69, 9.17) is 0 Å². The van der Waals surface area contributed by atoms with Gasteiger partial charge in [-0.15, -0.1) is 18.5 Å². The van der Waals surface area contributed by atoms with Crippen molar-refractivity contribution in [3.63, 3.8) is 0 Å². The van der Waals surface area contributed by atoms with Gasteiger partial charge in [-0.3, -0.25) is 0 Å². The predicted molar refractivity (Wildman–Crippen MR) is 130 cm³/mol. The van der Waals surface area contributed by atoms with Crippen LogP contribution in [-0.2, 0) is 0 Å². The van der Waals surface area contributed by atoms with Gasteiger partial charge in [0.1, 0.15) is 0 Å². The number of hydrogen-bond donors (Lipinski definition) is 0. The molecule has 0 radical (unpaired) electrons. The molecule has 0 fully saturated rings. The van der Waals surface area contributed by atoms with Gasteiger partial charge in [0, 0.05) is 0 Å². The summed E-state index contributed by atoms with van der Waals surface area (Å²) in [7, 11) is 5.46. The van der Waals surface area contributed by atoms with Crippen molar-refractivity contribution in [3.05, 3.63) is 30.3 Å². The highest BCUT2D eigenvalue weighted by Crippen LogP contribution is 2.13. The molecule has 2 heteroatoms. The third kappa shape index (κ3) is 22.1. The number of unbranched alkanes of at least 4 members (excludes halogenated alkanes) is 15. The zero-order chi connectivity index (χ0) is 19.1. The fourth-order valence-electron chi connectivity index (χ4n) is 3.15. The normalized spacial score (nSPS) is 10.4. The monoisotopic (exact) mass is 396 g/mol. The maximum Gasteiger partial charge on any atom is -0.0303 e. The van der Waals surface area contributed by atoms with Gasteiger partial charge in [0.15, 0.2) is 0 Å². The number of benzene rings is 1. The van der Waals surface area contributed by atoms with Crippen LogP contribution in [-0.4, -0.2) is 6.16 Å². The van der Waals surface area contributed by atoms with E-state index in [1.165, 1.54) is 114 Å². The Labute approximate surface area is 170 Å². The van der Waals surface area contributed by atoms with Crippen LogP contribution in [0.2, 0.25) is 0 Å². The van der Waals surface area contributed by atoms with Crippen LogP contribution in [0.25, 0.3) is 0 Å². The minimum atomic E-state index is 1.24. The summed E-state index contributed by atoms with van der Waals surface area (Å²) in [5, 5.41) is 1.24. The molecule has 0 bridgehead atoms. The summed E-state index contributed by atoms with van der Waals surface area (Å²) in [5.41, 5.74) is 0. The van der Waals surface area contributed by atoms with Crippen molar-refractivity contribution in [2.24, 2.45) is 0 Å². The largest absolute Gasteiger partial charge is 0.138 e. The molecule has 1 aromatic carbocycles. The third-order valence-electron chi connectivity index (χ3n) is 4.86. The van der Waals surface area contributed by atoms with E-state index in [0.29, 0.717) is 0 Å². The minimum absolute atomic E-state index is 1.24. The Balaban J connectivity index is 0.000000735. The average Bonchev–Trinajstić information content (AvgIpc) is 2.66. The van der Waals surface area contributed by atoms with E-state index in [1.807, 2.05) is 30.3 Å². The maximum absolute atomic E-state index is 2.83. The standard InChI is InChI=1S/C18H39P.C6H7P/c1-2-3-4-5-6-7-8-9-10-11-12-13-14-15-16-17-18-19;7-6-4-2-1-3-5-6/h2-19H2,1H3;1-5H,7H2. The summed E-state index contributed by atoms with van der Waals surface area (Å²) in [6, 6.07) is 10.1. The first kappa shape index (κ1) is 26.1. The molecule has 0 heterocycles. The predicted octanol–water partition coefficient (Wildman–Crippen LogP) is 8.31. The Morgan fingerprint density at radius 1 is 0.538 bits per heavy atom. The molecule has 0 aromatic heterocycles. The van der Waals surface area contributed by atoms with Crippen molar-refractivity contribution in [1.82, 2.24) is 0 Å². The van der Waals surface area contributed by atoms with Crippen LogP contribution < -0.4 is 5.30 Å². The minimum Gasteiger partial charge on any atom is -0.138 e. The molecule has 0 amide bonds. The van der Waals surface area contributed by atoms with Gasteiger partial charge >= 0.3 is 0 Å². The quantitative estimate of drug-likeness (QED) is 0.195. The fraction of sp³-hybridized carbons (Fsp3) is 0.750. The molecule has 0 N–H and O–H groups in total. The van der Waals surface area contributed by atoms with E-state index in [2.05, 4.69) is 25.4 Å². The SMILES string of the molecule is CCCCCCCCCCCCCCCCCCP.Pc1ccccc1. The highest BCUT2D eigenvalue weighted by molar-refractivity contribution is 7.27. The van der Waals surface area contributed by atoms with Gasteiger partial charge in [-0.05, 0) is 17.9 Å². The van der Waals surface area contributed by atoms with Gasteiger partial charge in [-0.2, -0.15) is 0 Å². The van der Waals surface area contributed by atoms with Crippen LogP contribution in [0.3, 0.4) is 0 Å². The van der Waals surface area contributed by atoms with E-state index in [9.17, 15) is 0 Å². The summed E-state index contributed by atoms with van der Waals surface area (Å²) < 4.78 is 0. The van der Waals surface area contributed by atoms with Crippen LogP contribution in [0.4, 0.5) is 0 Å². The molecule has 0 nitrogen and oxygen atoms in total. The van der Waals surface area contributed by atoms with E-state index in [1.54, 1.807) is 0 Å². The number of hydrogen-bond acceptors (Lipinski definition) is 0. The van der Waals surface area contributed by atoms with Crippen molar-refractivity contribution in [2.45, 2.75) is 110 Å². The van der Waals surface area contributed by atoms with Gasteiger partial charge < -0.3 is 0 Å². The summed E-state index contributed by atoms with van der Waals surface area (Å²) in [6.07, 6.45) is 24.7. The summed E-state index contributed by atoms with van der Waals surface area (Å²) in [6.45, 7) is 2.29. The molecule has 1 rings (SSSR count). The van der Waals surface area contributed by atoms with Crippen molar-refractivity contribution in [2.75, 3.05) is 6.16 Å². The lowest BCUT2D eigenvalue weighted by Gasteiger charge is -2.03.